The Labute approximate surface area is 170 Å². The number of halogens is 2. The Morgan fingerprint density at radius 1 is 1.04 bits per heavy atom. The number of hydrogen-bond donors (Lipinski definition) is 1. The summed E-state index contributed by atoms with van der Waals surface area (Å²) in [4.78, 5) is 16.5. The van der Waals surface area contributed by atoms with Crippen LogP contribution in [-0.2, 0) is 0 Å². The van der Waals surface area contributed by atoms with Crippen LogP contribution in [0.4, 0.5) is 0 Å². The van der Waals surface area contributed by atoms with Crippen molar-refractivity contribution in [3.8, 4) is 5.75 Å². The van der Waals surface area contributed by atoms with Gasteiger partial charge in [-0.3, -0.25) is 9.69 Å². The van der Waals surface area contributed by atoms with E-state index in [1.54, 1.807) is 12.1 Å². The third-order valence-corrected chi connectivity index (χ3v) is 4.73. The predicted octanol–water partition coefficient (Wildman–Crippen LogP) is 2.96. The molecule has 27 heavy (non-hydrogen) atoms. The van der Waals surface area contributed by atoms with E-state index in [2.05, 4.69) is 4.90 Å². The normalized spacial score (nSPS) is 15.7. The number of rotatable bonds is 6. The Morgan fingerprint density at radius 3 is 2.33 bits per heavy atom. The van der Waals surface area contributed by atoms with E-state index in [9.17, 15) is 9.90 Å². The van der Waals surface area contributed by atoms with Crippen LogP contribution >= 0.6 is 24.0 Å². The minimum atomic E-state index is -0.609. The first-order valence-corrected chi connectivity index (χ1v) is 9.13. The van der Waals surface area contributed by atoms with Gasteiger partial charge >= 0.3 is 0 Å². The number of nitrogens with zero attached hydrogens (tertiary/aromatic N) is 2. The molecule has 1 saturated heterocycles. The molecule has 1 amide bonds. The van der Waals surface area contributed by atoms with Crippen LogP contribution in [0.3, 0.4) is 0 Å². The monoisotopic (exact) mass is 410 g/mol. The summed E-state index contributed by atoms with van der Waals surface area (Å²) in [6, 6.07) is 16.5. The Balaban J connectivity index is 0.00000261. The van der Waals surface area contributed by atoms with Gasteiger partial charge in [-0.15, -0.1) is 12.4 Å². The van der Waals surface area contributed by atoms with Gasteiger partial charge in [0.15, 0.2) is 0 Å². The number of benzene rings is 2. The average molecular weight is 411 g/mol. The fraction of sp³-hybridized carbons (Fsp3) is 0.350. The van der Waals surface area contributed by atoms with Crippen molar-refractivity contribution < 1.29 is 14.6 Å². The van der Waals surface area contributed by atoms with Crippen molar-refractivity contribution >= 4 is 29.9 Å². The molecule has 0 spiro atoms. The molecule has 0 bridgehead atoms. The molecule has 1 unspecified atom stereocenters. The van der Waals surface area contributed by atoms with Crippen LogP contribution in [0.5, 0.6) is 5.75 Å². The van der Waals surface area contributed by atoms with Crippen LogP contribution in [0, 0.1) is 0 Å². The second-order valence-corrected chi connectivity index (χ2v) is 6.76. The van der Waals surface area contributed by atoms with Crippen molar-refractivity contribution in [3.63, 3.8) is 0 Å². The van der Waals surface area contributed by atoms with Crippen LogP contribution in [0.1, 0.15) is 10.4 Å². The largest absolute Gasteiger partial charge is 0.489 e. The maximum Gasteiger partial charge on any atom is 0.253 e. The lowest BCUT2D eigenvalue weighted by atomic mass is 10.2. The number of piperazine rings is 1. The van der Waals surface area contributed by atoms with Gasteiger partial charge in [0, 0.05) is 38.3 Å². The molecular weight excluding hydrogens is 387 g/mol. The van der Waals surface area contributed by atoms with Crippen LogP contribution in [0.25, 0.3) is 0 Å². The standard InChI is InChI=1S/C20H23ClN2O3.ClH/c21-18-8-4-5-9-19(18)26-15-17(24)14-22-10-12-23(13-11-22)20(25)16-6-2-1-3-7-16;/h1-9,17,24H,10-15H2;1H. The van der Waals surface area contributed by atoms with E-state index < -0.39 is 6.10 Å². The van der Waals surface area contributed by atoms with Crippen LogP contribution in [0.15, 0.2) is 54.6 Å². The summed E-state index contributed by atoms with van der Waals surface area (Å²) in [5.41, 5.74) is 0.717. The molecule has 2 aromatic carbocycles. The first kappa shape index (κ1) is 21.5. The highest BCUT2D eigenvalue weighted by Crippen LogP contribution is 2.23. The molecule has 146 valence electrons. The Hall–Kier alpha value is -1.79. The fourth-order valence-corrected chi connectivity index (χ4v) is 3.19. The lowest BCUT2D eigenvalue weighted by Gasteiger charge is -2.35. The van der Waals surface area contributed by atoms with Crippen LogP contribution in [-0.4, -0.2) is 66.2 Å². The van der Waals surface area contributed by atoms with Gasteiger partial charge in [0.05, 0.1) is 5.02 Å². The fourth-order valence-electron chi connectivity index (χ4n) is 3.00. The van der Waals surface area contributed by atoms with Gasteiger partial charge in [0.25, 0.3) is 5.91 Å². The third-order valence-electron chi connectivity index (χ3n) is 4.42. The first-order chi connectivity index (χ1) is 12.6. The number of aliphatic hydroxyl groups is 1. The predicted molar refractivity (Wildman–Crippen MR) is 109 cm³/mol. The second kappa shape index (κ2) is 10.5. The SMILES string of the molecule is Cl.O=C(c1ccccc1)N1CCN(CC(O)COc2ccccc2Cl)CC1. The van der Waals surface area contributed by atoms with E-state index in [4.69, 9.17) is 16.3 Å². The lowest BCUT2D eigenvalue weighted by molar-refractivity contribution is 0.0404. The maximum atomic E-state index is 12.4. The molecule has 0 aromatic heterocycles. The van der Waals surface area contributed by atoms with Gasteiger partial charge < -0.3 is 14.7 Å². The molecule has 3 rings (SSSR count). The molecule has 1 aliphatic heterocycles. The van der Waals surface area contributed by atoms with Gasteiger partial charge in [-0.1, -0.05) is 41.9 Å². The zero-order valence-electron chi connectivity index (χ0n) is 15.0. The number of hydrogen-bond acceptors (Lipinski definition) is 4. The number of carbonyl (C=O) groups is 1. The summed E-state index contributed by atoms with van der Waals surface area (Å²) in [7, 11) is 0. The molecule has 5 nitrogen and oxygen atoms in total. The molecule has 0 saturated carbocycles. The zero-order valence-corrected chi connectivity index (χ0v) is 16.5. The molecule has 2 aromatic rings. The number of carbonyl (C=O) groups excluding carboxylic acids is 1. The second-order valence-electron chi connectivity index (χ2n) is 6.35. The Kier molecular flexibility index (Phi) is 8.38. The van der Waals surface area contributed by atoms with E-state index in [1.807, 2.05) is 47.4 Å². The lowest BCUT2D eigenvalue weighted by Crippen LogP contribution is -2.50. The van der Waals surface area contributed by atoms with E-state index in [1.165, 1.54) is 0 Å². The molecule has 1 heterocycles. The van der Waals surface area contributed by atoms with E-state index in [-0.39, 0.29) is 24.9 Å². The van der Waals surface area contributed by atoms with Crippen molar-refractivity contribution in [3.05, 3.63) is 65.2 Å². The minimum Gasteiger partial charge on any atom is -0.489 e. The molecule has 0 radical (unpaired) electrons. The van der Waals surface area contributed by atoms with Crippen molar-refractivity contribution in [2.24, 2.45) is 0 Å². The van der Waals surface area contributed by atoms with Gasteiger partial charge in [-0.05, 0) is 24.3 Å². The average Bonchev–Trinajstić information content (AvgIpc) is 2.68. The van der Waals surface area contributed by atoms with Gasteiger partial charge in [-0.2, -0.15) is 0 Å². The number of aliphatic hydroxyl groups excluding tert-OH is 1. The van der Waals surface area contributed by atoms with Crippen molar-refractivity contribution in [1.82, 2.24) is 9.80 Å². The Bertz CT molecular complexity index is 722. The summed E-state index contributed by atoms with van der Waals surface area (Å²) < 4.78 is 5.58. The van der Waals surface area contributed by atoms with Gasteiger partial charge in [0.2, 0.25) is 0 Å². The Morgan fingerprint density at radius 2 is 1.67 bits per heavy atom. The van der Waals surface area contributed by atoms with Crippen molar-refractivity contribution in [2.75, 3.05) is 39.3 Å². The van der Waals surface area contributed by atoms with E-state index >= 15 is 0 Å². The molecule has 7 heteroatoms. The maximum absolute atomic E-state index is 12.4. The van der Waals surface area contributed by atoms with Gasteiger partial charge in [-0.25, -0.2) is 0 Å². The summed E-state index contributed by atoms with van der Waals surface area (Å²) >= 11 is 6.04. The topological polar surface area (TPSA) is 53.0 Å². The van der Waals surface area contributed by atoms with E-state index in [0.29, 0.717) is 36.0 Å². The molecule has 1 atom stereocenters. The highest BCUT2D eigenvalue weighted by atomic mass is 35.5. The summed E-state index contributed by atoms with van der Waals surface area (Å²) in [6.45, 7) is 3.49. The molecule has 0 aliphatic carbocycles. The van der Waals surface area contributed by atoms with Crippen molar-refractivity contribution in [1.29, 1.82) is 0 Å². The molecular formula is C20H24Cl2N2O3. The summed E-state index contributed by atoms with van der Waals surface area (Å²) in [6.07, 6.45) is -0.609. The number of β-amino-alcohol motifs (C(OH)–C–C–N with tert-alkyl or cyclic N) is 1. The van der Waals surface area contributed by atoms with E-state index in [0.717, 1.165) is 13.1 Å². The van der Waals surface area contributed by atoms with Crippen molar-refractivity contribution in [2.45, 2.75) is 6.10 Å². The number of amides is 1. The van der Waals surface area contributed by atoms with Crippen LogP contribution < -0.4 is 4.74 Å². The molecule has 1 N–H and O–H groups in total. The summed E-state index contributed by atoms with van der Waals surface area (Å²) in [5, 5.41) is 10.8. The first-order valence-electron chi connectivity index (χ1n) is 8.75. The number of para-hydroxylation sites is 1. The highest BCUT2D eigenvalue weighted by molar-refractivity contribution is 6.32. The molecule has 1 fully saturated rings. The quantitative estimate of drug-likeness (QED) is 0.794. The number of ether oxygens (including phenoxy) is 1. The summed E-state index contributed by atoms with van der Waals surface area (Å²) in [5.74, 6) is 0.638. The highest BCUT2D eigenvalue weighted by Gasteiger charge is 2.23. The smallest absolute Gasteiger partial charge is 0.253 e. The molecule has 1 aliphatic rings. The minimum absolute atomic E-state index is 0. The third kappa shape index (κ3) is 6.11. The zero-order chi connectivity index (χ0) is 18.4. The van der Waals surface area contributed by atoms with Gasteiger partial charge in [0.1, 0.15) is 18.5 Å². The van der Waals surface area contributed by atoms with Crippen LogP contribution in [0.2, 0.25) is 5.02 Å².